The lowest BCUT2D eigenvalue weighted by atomic mass is 10.0. The highest BCUT2D eigenvalue weighted by Gasteiger charge is 2.37. The van der Waals surface area contributed by atoms with Crippen LogP contribution in [0, 0.1) is 6.92 Å². The zero-order valence-corrected chi connectivity index (χ0v) is 11.2. The molecule has 2 aromatic rings. The molecule has 2 N–H and O–H groups in total. The van der Waals surface area contributed by atoms with Gasteiger partial charge in [-0.3, -0.25) is 0 Å². The Balaban J connectivity index is 2.39. The SMILES string of the molecule is Cc1ccc2c(c1)C(N)(I)c1ccccc1-2. The lowest BCUT2D eigenvalue weighted by Gasteiger charge is -2.19. The van der Waals surface area contributed by atoms with E-state index in [9.17, 15) is 0 Å². The summed E-state index contributed by atoms with van der Waals surface area (Å²) in [4.78, 5) is 0. The van der Waals surface area contributed by atoms with E-state index in [-0.39, 0.29) is 3.55 Å². The van der Waals surface area contributed by atoms with Gasteiger partial charge in [0.05, 0.1) is 0 Å². The van der Waals surface area contributed by atoms with Gasteiger partial charge in [-0.1, -0.05) is 70.6 Å². The maximum Gasteiger partial charge on any atom is 0.120 e. The molecule has 0 bridgehead atoms. The zero-order valence-electron chi connectivity index (χ0n) is 9.00. The molecule has 2 aromatic carbocycles. The van der Waals surface area contributed by atoms with E-state index < -0.39 is 0 Å². The summed E-state index contributed by atoms with van der Waals surface area (Å²) in [6.07, 6.45) is 0. The second-order valence-corrected chi connectivity index (χ2v) is 6.01. The van der Waals surface area contributed by atoms with Gasteiger partial charge in [-0.05, 0) is 29.2 Å². The molecule has 1 nitrogen and oxygen atoms in total. The summed E-state index contributed by atoms with van der Waals surface area (Å²) in [5.74, 6) is 0. The van der Waals surface area contributed by atoms with Gasteiger partial charge in [0.2, 0.25) is 0 Å². The van der Waals surface area contributed by atoms with Crippen LogP contribution in [0.4, 0.5) is 0 Å². The van der Waals surface area contributed by atoms with E-state index in [1.807, 2.05) is 0 Å². The van der Waals surface area contributed by atoms with Crippen LogP contribution in [-0.4, -0.2) is 0 Å². The fourth-order valence-electron chi connectivity index (χ4n) is 2.37. The van der Waals surface area contributed by atoms with E-state index in [4.69, 9.17) is 5.73 Å². The summed E-state index contributed by atoms with van der Waals surface area (Å²) in [7, 11) is 0. The van der Waals surface area contributed by atoms with Crippen LogP contribution in [0.2, 0.25) is 0 Å². The Kier molecular flexibility index (Phi) is 2.13. The average molecular weight is 321 g/mol. The number of alkyl halides is 1. The number of aryl methyl sites for hydroxylation is 1. The maximum atomic E-state index is 6.46. The molecule has 0 fully saturated rings. The summed E-state index contributed by atoms with van der Waals surface area (Å²) in [5, 5.41) is 0. The van der Waals surface area contributed by atoms with Crippen LogP contribution < -0.4 is 5.73 Å². The van der Waals surface area contributed by atoms with Crippen LogP contribution in [0.1, 0.15) is 16.7 Å². The van der Waals surface area contributed by atoms with E-state index in [1.165, 1.54) is 27.8 Å². The highest BCUT2D eigenvalue weighted by molar-refractivity contribution is 14.1. The van der Waals surface area contributed by atoms with Gasteiger partial charge in [0, 0.05) is 0 Å². The minimum atomic E-state index is -0.379. The first kappa shape index (κ1) is 10.3. The van der Waals surface area contributed by atoms with Crippen LogP contribution >= 0.6 is 22.6 Å². The molecule has 1 aliphatic rings. The van der Waals surface area contributed by atoms with Crippen LogP contribution in [0.5, 0.6) is 0 Å². The van der Waals surface area contributed by atoms with Crippen molar-refractivity contribution >= 4 is 22.6 Å². The number of hydrogen-bond acceptors (Lipinski definition) is 1. The fourth-order valence-corrected chi connectivity index (χ4v) is 3.29. The maximum absolute atomic E-state index is 6.46. The van der Waals surface area contributed by atoms with Crippen molar-refractivity contribution in [2.45, 2.75) is 10.5 Å². The van der Waals surface area contributed by atoms with Crippen molar-refractivity contribution in [2.24, 2.45) is 5.73 Å². The van der Waals surface area contributed by atoms with Crippen LogP contribution in [-0.2, 0) is 3.55 Å². The third-order valence-electron chi connectivity index (χ3n) is 3.18. The average Bonchev–Trinajstić information content (AvgIpc) is 2.49. The number of hydrogen-bond donors (Lipinski definition) is 1. The lowest BCUT2D eigenvalue weighted by molar-refractivity contribution is 0.860. The van der Waals surface area contributed by atoms with Gasteiger partial charge >= 0.3 is 0 Å². The van der Waals surface area contributed by atoms with E-state index in [2.05, 4.69) is 72.0 Å². The van der Waals surface area contributed by atoms with Crippen LogP contribution in [0.25, 0.3) is 11.1 Å². The third-order valence-corrected chi connectivity index (χ3v) is 4.34. The van der Waals surface area contributed by atoms with Gasteiger partial charge in [-0.15, -0.1) is 0 Å². The fraction of sp³-hybridized carbons (Fsp3) is 0.143. The second kappa shape index (κ2) is 3.31. The van der Waals surface area contributed by atoms with Gasteiger partial charge in [-0.2, -0.15) is 0 Å². The summed E-state index contributed by atoms with van der Waals surface area (Å²) in [6.45, 7) is 2.11. The van der Waals surface area contributed by atoms with Crippen molar-refractivity contribution in [3.8, 4) is 11.1 Å². The smallest absolute Gasteiger partial charge is 0.120 e. The Morgan fingerprint density at radius 2 is 1.69 bits per heavy atom. The number of halogens is 1. The first-order valence-electron chi connectivity index (χ1n) is 5.29. The number of nitrogens with two attached hydrogens (primary N) is 1. The lowest BCUT2D eigenvalue weighted by Crippen LogP contribution is -2.27. The molecule has 0 amide bonds. The molecule has 0 saturated carbocycles. The van der Waals surface area contributed by atoms with E-state index in [0.29, 0.717) is 0 Å². The molecule has 0 radical (unpaired) electrons. The molecule has 0 heterocycles. The molecule has 0 aliphatic heterocycles. The number of fused-ring (bicyclic) bond motifs is 3. The molecular weight excluding hydrogens is 309 g/mol. The highest BCUT2D eigenvalue weighted by atomic mass is 127. The molecule has 3 rings (SSSR count). The highest BCUT2D eigenvalue weighted by Crippen LogP contribution is 2.49. The summed E-state index contributed by atoms with van der Waals surface area (Å²) in [5.41, 5.74) is 12.7. The largest absolute Gasteiger partial charge is 0.309 e. The Morgan fingerprint density at radius 1 is 1.00 bits per heavy atom. The predicted octanol–water partition coefficient (Wildman–Crippen LogP) is 3.57. The van der Waals surface area contributed by atoms with Crippen LogP contribution in [0.3, 0.4) is 0 Å². The van der Waals surface area contributed by atoms with Gasteiger partial charge in [0.15, 0.2) is 0 Å². The van der Waals surface area contributed by atoms with Crippen molar-refractivity contribution < 1.29 is 0 Å². The Bertz CT molecular complexity index is 573. The van der Waals surface area contributed by atoms with Gasteiger partial charge in [0.1, 0.15) is 3.55 Å². The third kappa shape index (κ3) is 1.26. The number of benzene rings is 2. The minimum Gasteiger partial charge on any atom is -0.309 e. The monoisotopic (exact) mass is 321 g/mol. The molecule has 1 atom stereocenters. The molecule has 1 unspecified atom stereocenters. The molecular formula is C14H12IN. The van der Waals surface area contributed by atoms with Crippen molar-refractivity contribution in [2.75, 3.05) is 0 Å². The molecule has 0 saturated heterocycles. The topological polar surface area (TPSA) is 26.0 Å². The Labute approximate surface area is 109 Å². The normalized spacial score (nSPS) is 21.7. The van der Waals surface area contributed by atoms with E-state index >= 15 is 0 Å². The molecule has 1 aliphatic carbocycles. The first-order valence-corrected chi connectivity index (χ1v) is 6.37. The standard InChI is InChI=1S/C14H12IN/c1-9-6-7-11-10-4-2-3-5-12(10)14(15,16)13(11)8-9/h2-8H,16H2,1H3. The van der Waals surface area contributed by atoms with Gasteiger partial charge in [-0.25, -0.2) is 0 Å². The zero-order chi connectivity index (χ0) is 11.3. The molecule has 0 spiro atoms. The molecule has 2 heteroatoms. The molecule has 16 heavy (non-hydrogen) atoms. The predicted molar refractivity (Wildman–Crippen MR) is 75.6 cm³/mol. The number of rotatable bonds is 0. The van der Waals surface area contributed by atoms with Crippen molar-refractivity contribution in [3.63, 3.8) is 0 Å². The van der Waals surface area contributed by atoms with Gasteiger partial charge < -0.3 is 5.73 Å². The molecule has 0 aromatic heterocycles. The quantitative estimate of drug-likeness (QED) is 0.448. The van der Waals surface area contributed by atoms with Crippen molar-refractivity contribution in [1.29, 1.82) is 0 Å². The van der Waals surface area contributed by atoms with Crippen molar-refractivity contribution in [3.05, 3.63) is 59.2 Å². The minimum absolute atomic E-state index is 0.379. The summed E-state index contributed by atoms with van der Waals surface area (Å²) in [6, 6.07) is 14.9. The Morgan fingerprint density at radius 3 is 2.50 bits per heavy atom. The Hall–Kier alpha value is -0.870. The van der Waals surface area contributed by atoms with E-state index in [0.717, 1.165) is 0 Å². The summed E-state index contributed by atoms with van der Waals surface area (Å²) < 4.78 is -0.379. The summed E-state index contributed by atoms with van der Waals surface area (Å²) >= 11 is 2.34. The van der Waals surface area contributed by atoms with Crippen molar-refractivity contribution in [1.82, 2.24) is 0 Å². The van der Waals surface area contributed by atoms with Crippen LogP contribution in [0.15, 0.2) is 42.5 Å². The van der Waals surface area contributed by atoms with Gasteiger partial charge in [0.25, 0.3) is 0 Å². The first-order chi connectivity index (χ1) is 7.60. The second-order valence-electron chi connectivity index (χ2n) is 4.31. The van der Waals surface area contributed by atoms with E-state index in [1.54, 1.807) is 0 Å². The molecule has 80 valence electrons.